The van der Waals surface area contributed by atoms with Gasteiger partial charge in [-0.15, -0.1) is 11.3 Å². The van der Waals surface area contributed by atoms with Crippen molar-refractivity contribution in [3.05, 3.63) is 51.2 Å². The molecule has 2 amide bonds. The number of hydrogen-bond donors (Lipinski definition) is 1. The van der Waals surface area contributed by atoms with Gasteiger partial charge in [0.25, 0.3) is 11.8 Å². The van der Waals surface area contributed by atoms with Crippen molar-refractivity contribution in [2.45, 2.75) is 6.54 Å². The van der Waals surface area contributed by atoms with Crippen LogP contribution >= 0.6 is 22.9 Å². The summed E-state index contributed by atoms with van der Waals surface area (Å²) >= 11 is 7.33. The maximum Gasteiger partial charge on any atom is 0.255 e. The van der Waals surface area contributed by atoms with Gasteiger partial charge in [0.1, 0.15) is 5.75 Å². The molecule has 1 heterocycles. The Labute approximate surface area is 137 Å². The second-order valence-corrected chi connectivity index (χ2v) is 6.45. The van der Waals surface area contributed by atoms with Gasteiger partial charge in [-0.05, 0) is 36.4 Å². The maximum atomic E-state index is 12.3. The number of rotatable bonds is 6. The van der Waals surface area contributed by atoms with Crippen molar-refractivity contribution < 1.29 is 14.3 Å². The van der Waals surface area contributed by atoms with Gasteiger partial charge in [0.15, 0.2) is 6.61 Å². The number of thiophene rings is 1. The average Bonchev–Trinajstić information content (AvgIpc) is 2.90. The Morgan fingerprint density at radius 1 is 1.23 bits per heavy atom. The molecule has 0 aliphatic heterocycles. The predicted molar refractivity (Wildman–Crippen MR) is 86.3 cm³/mol. The third-order valence-electron chi connectivity index (χ3n) is 2.85. The number of nitrogens with zero attached hydrogens (tertiary/aromatic N) is 1. The van der Waals surface area contributed by atoms with Crippen molar-refractivity contribution in [3.63, 3.8) is 0 Å². The quantitative estimate of drug-likeness (QED) is 0.879. The number of amides is 2. The fourth-order valence-corrected chi connectivity index (χ4v) is 2.95. The lowest BCUT2D eigenvalue weighted by molar-refractivity contribution is -0.119. The largest absolute Gasteiger partial charge is 0.484 e. The van der Waals surface area contributed by atoms with E-state index in [-0.39, 0.29) is 12.5 Å². The molecule has 0 spiro atoms. The number of ether oxygens (including phenoxy) is 1. The lowest BCUT2D eigenvalue weighted by Crippen LogP contribution is -2.25. The van der Waals surface area contributed by atoms with E-state index in [1.807, 2.05) is 12.1 Å². The zero-order chi connectivity index (χ0) is 16.1. The first-order chi connectivity index (χ1) is 10.5. The highest BCUT2D eigenvalue weighted by Crippen LogP contribution is 2.23. The van der Waals surface area contributed by atoms with Crippen LogP contribution in [-0.4, -0.2) is 30.4 Å². The summed E-state index contributed by atoms with van der Waals surface area (Å²) in [6, 6.07) is 10.3. The molecule has 22 heavy (non-hydrogen) atoms. The van der Waals surface area contributed by atoms with E-state index in [4.69, 9.17) is 22.1 Å². The first-order valence-corrected chi connectivity index (χ1v) is 7.66. The molecule has 2 rings (SSSR count). The molecule has 2 aromatic rings. The number of hydrogen-bond acceptors (Lipinski definition) is 4. The third-order valence-corrected chi connectivity index (χ3v) is 4.07. The summed E-state index contributed by atoms with van der Waals surface area (Å²) in [7, 11) is 1.73. The number of halogens is 1. The van der Waals surface area contributed by atoms with Crippen LogP contribution < -0.4 is 10.5 Å². The summed E-state index contributed by atoms with van der Waals surface area (Å²) in [4.78, 5) is 25.6. The first kappa shape index (κ1) is 16.3. The third kappa shape index (κ3) is 4.47. The van der Waals surface area contributed by atoms with E-state index in [0.29, 0.717) is 22.2 Å². The molecule has 5 nitrogen and oxygen atoms in total. The minimum Gasteiger partial charge on any atom is -0.484 e. The standard InChI is InChI=1S/C15H15ClN2O3S/c1-18(8-12-6-7-13(16)22-12)15(20)10-2-4-11(5-3-10)21-9-14(17)19/h2-7H,8-9H2,1H3,(H2,17,19). The van der Waals surface area contributed by atoms with E-state index in [9.17, 15) is 9.59 Å². The molecule has 0 saturated carbocycles. The fourth-order valence-electron chi connectivity index (χ4n) is 1.81. The van der Waals surface area contributed by atoms with E-state index in [0.717, 1.165) is 4.88 Å². The van der Waals surface area contributed by atoms with E-state index in [1.54, 1.807) is 36.2 Å². The molecule has 7 heteroatoms. The molecular weight excluding hydrogens is 324 g/mol. The van der Waals surface area contributed by atoms with Crippen molar-refractivity contribution in [2.24, 2.45) is 5.73 Å². The smallest absolute Gasteiger partial charge is 0.255 e. The Morgan fingerprint density at radius 3 is 2.45 bits per heavy atom. The summed E-state index contributed by atoms with van der Waals surface area (Å²) in [6.07, 6.45) is 0. The van der Waals surface area contributed by atoms with E-state index < -0.39 is 5.91 Å². The second kappa shape index (κ2) is 7.29. The molecular formula is C15H15ClN2O3S. The molecule has 0 saturated heterocycles. The van der Waals surface area contributed by atoms with Gasteiger partial charge in [-0.3, -0.25) is 9.59 Å². The summed E-state index contributed by atoms with van der Waals surface area (Å²) in [5.74, 6) is -0.163. The molecule has 2 N–H and O–H groups in total. The Balaban J connectivity index is 1.97. The van der Waals surface area contributed by atoms with Crippen LogP contribution in [-0.2, 0) is 11.3 Å². The molecule has 0 radical (unpaired) electrons. The molecule has 0 bridgehead atoms. The number of nitrogens with two attached hydrogens (primary N) is 1. The monoisotopic (exact) mass is 338 g/mol. The van der Waals surface area contributed by atoms with Gasteiger partial charge >= 0.3 is 0 Å². The summed E-state index contributed by atoms with van der Waals surface area (Å²) in [6.45, 7) is 0.308. The zero-order valence-electron chi connectivity index (χ0n) is 11.9. The fraction of sp³-hybridized carbons (Fsp3) is 0.200. The minimum atomic E-state index is -0.547. The highest BCUT2D eigenvalue weighted by molar-refractivity contribution is 7.16. The Bertz CT molecular complexity index is 670. The summed E-state index contributed by atoms with van der Waals surface area (Å²) in [5.41, 5.74) is 5.54. The first-order valence-electron chi connectivity index (χ1n) is 6.46. The van der Waals surface area contributed by atoms with Crippen LogP contribution in [0.4, 0.5) is 0 Å². The lowest BCUT2D eigenvalue weighted by atomic mass is 10.2. The Hall–Kier alpha value is -2.05. The van der Waals surface area contributed by atoms with Crippen molar-refractivity contribution in [3.8, 4) is 5.75 Å². The molecule has 0 atom stereocenters. The lowest BCUT2D eigenvalue weighted by Gasteiger charge is -2.16. The van der Waals surface area contributed by atoms with Crippen molar-refractivity contribution >= 4 is 34.8 Å². The van der Waals surface area contributed by atoms with Gasteiger partial charge in [-0.25, -0.2) is 0 Å². The van der Waals surface area contributed by atoms with Gasteiger partial charge in [-0.1, -0.05) is 11.6 Å². The molecule has 116 valence electrons. The second-order valence-electron chi connectivity index (χ2n) is 4.65. The number of carbonyl (C=O) groups excluding carboxylic acids is 2. The molecule has 0 fully saturated rings. The number of primary amides is 1. The van der Waals surface area contributed by atoms with Crippen LogP contribution in [0.15, 0.2) is 36.4 Å². The summed E-state index contributed by atoms with van der Waals surface area (Å²) < 4.78 is 5.85. The van der Waals surface area contributed by atoms with Crippen molar-refractivity contribution in [1.82, 2.24) is 4.90 Å². The average molecular weight is 339 g/mol. The molecule has 0 unspecified atom stereocenters. The van der Waals surface area contributed by atoms with Crippen LogP contribution in [0.1, 0.15) is 15.2 Å². The Kier molecular flexibility index (Phi) is 5.41. The molecule has 0 aliphatic rings. The predicted octanol–water partition coefficient (Wildman–Crippen LogP) is 2.54. The van der Waals surface area contributed by atoms with Crippen LogP contribution in [0.2, 0.25) is 4.34 Å². The molecule has 1 aromatic carbocycles. The highest BCUT2D eigenvalue weighted by Gasteiger charge is 2.13. The van der Waals surface area contributed by atoms with Gasteiger partial charge < -0.3 is 15.4 Å². The van der Waals surface area contributed by atoms with Crippen LogP contribution in [0.25, 0.3) is 0 Å². The van der Waals surface area contributed by atoms with E-state index in [2.05, 4.69) is 0 Å². The van der Waals surface area contributed by atoms with Gasteiger partial charge in [-0.2, -0.15) is 0 Å². The molecule has 0 aliphatic carbocycles. The van der Waals surface area contributed by atoms with E-state index in [1.165, 1.54) is 11.3 Å². The normalized spacial score (nSPS) is 10.3. The highest BCUT2D eigenvalue weighted by atomic mass is 35.5. The minimum absolute atomic E-state index is 0.106. The topological polar surface area (TPSA) is 72.6 Å². The van der Waals surface area contributed by atoms with Crippen molar-refractivity contribution in [1.29, 1.82) is 0 Å². The van der Waals surface area contributed by atoms with Gasteiger partial charge in [0, 0.05) is 17.5 Å². The number of benzene rings is 1. The Morgan fingerprint density at radius 2 is 1.91 bits per heavy atom. The van der Waals surface area contributed by atoms with Crippen LogP contribution in [0.5, 0.6) is 5.75 Å². The zero-order valence-corrected chi connectivity index (χ0v) is 13.5. The van der Waals surface area contributed by atoms with E-state index >= 15 is 0 Å². The summed E-state index contributed by atoms with van der Waals surface area (Å²) in [5, 5.41) is 0. The maximum absolute atomic E-state index is 12.3. The van der Waals surface area contributed by atoms with Gasteiger partial charge in [0.2, 0.25) is 0 Å². The van der Waals surface area contributed by atoms with Crippen molar-refractivity contribution in [2.75, 3.05) is 13.7 Å². The van der Waals surface area contributed by atoms with Gasteiger partial charge in [0.05, 0.1) is 10.9 Å². The SMILES string of the molecule is CN(Cc1ccc(Cl)s1)C(=O)c1ccc(OCC(N)=O)cc1. The van der Waals surface area contributed by atoms with Crippen LogP contribution in [0.3, 0.4) is 0 Å². The van der Waals surface area contributed by atoms with Crippen LogP contribution in [0, 0.1) is 0 Å². The molecule has 1 aromatic heterocycles. The number of carbonyl (C=O) groups is 2.